The van der Waals surface area contributed by atoms with Gasteiger partial charge < -0.3 is 10.5 Å². The van der Waals surface area contributed by atoms with Gasteiger partial charge in [-0.2, -0.15) is 5.10 Å². The predicted molar refractivity (Wildman–Crippen MR) is 55.3 cm³/mol. The predicted octanol–water partition coefficient (Wildman–Crippen LogP) is 1.62. The molecule has 1 fully saturated rings. The number of rotatable bonds is 5. The zero-order valence-electron chi connectivity index (χ0n) is 8.62. The lowest BCUT2D eigenvalue weighted by Crippen LogP contribution is -2.17. The summed E-state index contributed by atoms with van der Waals surface area (Å²) < 4.78 is 0. The van der Waals surface area contributed by atoms with Crippen molar-refractivity contribution >= 4 is 11.7 Å². The fourth-order valence-corrected chi connectivity index (χ4v) is 1.79. The highest BCUT2D eigenvalue weighted by Crippen LogP contribution is 2.26. The Balaban J connectivity index is 2.09. The summed E-state index contributed by atoms with van der Waals surface area (Å²) in [5.41, 5.74) is 2.92. The molecule has 1 rings (SSSR count). The van der Waals surface area contributed by atoms with E-state index in [-0.39, 0.29) is 5.71 Å². The Hall–Kier alpha value is -1.06. The van der Waals surface area contributed by atoms with Crippen LogP contribution in [-0.4, -0.2) is 23.3 Å². The summed E-state index contributed by atoms with van der Waals surface area (Å²) in [5, 5.41) is 12.3. The Morgan fingerprint density at radius 2 is 2.14 bits per heavy atom. The van der Waals surface area contributed by atoms with Gasteiger partial charge in [-0.25, -0.2) is 4.79 Å². The first-order chi connectivity index (χ1) is 6.70. The SMILES string of the molecule is CC(=NNCCC1CCCC1)C(=O)O. The normalized spacial score (nSPS) is 18.5. The molecule has 0 saturated heterocycles. The number of hydrogen-bond donors (Lipinski definition) is 2. The van der Waals surface area contributed by atoms with E-state index in [0.29, 0.717) is 0 Å². The molecule has 0 amide bonds. The standard InChI is InChI=1S/C10H18N2O2/c1-8(10(13)14)12-11-7-6-9-4-2-3-5-9/h9,11H,2-7H2,1H3,(H,13,14). The third kappa shape index (κ3) is 3.77. The van der Waals surface area contributed by atoms with E-state index in [2.05, 4.69) is 10.5 Å². The van der Waals surface area contributed by atoms with Crippen LogP contribution in [0.1, 0.15) is 39.0 Å². The van der Waals surface area contributed by atoms with E-state index in [1.54, 1.807) is 0 Å². The second-order valence-electron chi connectivity index (χ2n) is 3.85. The zero-order valence-corrected chi connectivity index (χ0v) is 8.62. The number of aliphatic carboxylic acids is 1. The Kier molecular flexibility index (Phi) is 4.43. The minimum atomic E-state index is -0.960. The largest absolute Gasteiger partial charge is 0.477 e. The molecular weight excluding hydrogens is 180 g/mol. The molecule has 80 valence electrons. The molecule has 4 nitrogen and oxygen atoms in total. The summed E-state index contributed by atoms with van der Waals surface area (Å²) in [6, 6.07) is 0. The first-order valence-corrected chi connectivity index (χ1v) is 5.20. The van der Waals surface area contributed by atoms with Crippen molar-refractivity contribution in [3.8, 4) is 0 Å². The lowest BCUT2D eigenvalue weighted by atomic mass is 10.1. The van der Waals surface area contributed by atoms with Gasteiger partial charge in [0.15, 0.2) is 0 Å². The van der Waals surface area contributed by atoms with Crippen LogP contribution in [0.25, 0.3) is 0 Å². The van der Waals surface area contributed by atoms with Crippen LogP contribution in [0.4, 0.5) is 0 Å². The van der Waals surface area contributed by atoms with Crippen molar-refractivity contribution in [3.63, 3.8) is 0 Å². The molecular formula is C10H18N2O2. The van der Waals surface area contributed by atoms with E-state index in [4.69, 9.17) is 5.11 Å². The highest BCUT2D eigenvalue weighted by molar-refractivity contribution is 6.34. The van der Waals surface area contributed by atoms with Crippen LogP contribution in [0.5, 0.6) is 0 Å². The third-order valence-corrected chi connectivity index (χ3v) is 2.70. The first-order valence-electron chi connectivity index (χ1n) is 5.20. The van der Waals surface area contributed by atoms with Crippen molar-refractivity contribution in [2.24, 2.45) is 11.0 Å². The second kappa shape index (κ2) is 5.62. The van der Waals surface area contributed by atoms with Gasteiger partial charge in [0.2, 0.25) is 0 Å². The summed E-state index contributed by atoms with van der Waals surface area (Å²) in [4.78, 5) is 10.4. The summed E-state index contributed by atoms with van der Waals surface area (Å²) >= 11 is 0. The van der Waals surface area contributed by atoms with Gasteiger partial charge in [-0.05, 0) is 19.3 Å². The molecule has 0 aliphatic heterocycles. The number of hydrazone groups is 1. The Labute approximate surface area is 84.4 Å². The van der Waals surface area contributed by atoms with Gasteiger partial charge in [-0.3, -0.25) is 0 Å². The number of carboxylic acid groups (broad SMARTS) is 1. The van der Waals surface area contributed by atoms with Crippen molar-refractivity contribution in [1.82, 2.24) is 5.43 Å². The summed E-state index contributed by atoms with van der Waals surface area (Å²) in [7, 11) is 0. The average Bonchev–Trinajstić information content (AvgIpc) is 2.64. The Bertz CT molecular complexity index is 220. The van der Waals surface area contributed by atoms with Crippen LogP contribution < -0.4 is 5.43 Å². The van der Waals surface area contributed by atoms with Crippen molar-refractivity contribution in [3.05, 3.63) is 0 Å². The molecule has 0 radical (unpaired) electrons. The van der Waals surface area contributed by atoms with Crippen LogP contribution in [0, 0.1) is 5.92 Å². The van der Waals surface area contributed by atoms with Gasteiger partial charge in [0.1, 0.15) is 5.71 Å². The van der Waals surface area contributed by atoms with Crippen LogP contribution in [0.15, 0.2) is 5.10 Å². The summed E-state index contributed by atoms with van der Waals surface area (Å²) in [6.45, 7) is 2.28. The van der Waals surface area contributed by atoms with Crippen molar-refractivity contribution in [1.29, 1.82) is 0 Å². The fraction of sp³-hybridized carbons (Fsp3) is 0.800. The molecule has 14 heavy (non-hydrogen) atoms. The summed E-state index contributed by atoms with van der Waals surface area (Å²) in [5.74, 6) is -0.138. The van der Waals surface area contributed by atoms with E-state index >= 15 is 0 Å². The maximum absolute atomic E-state index is 10.4. The zero-order chi connectivity index (χ0) is 10.4. The van der Waals surface area contributed by atoms with E-state index in [0.717, 1.165) is 18.9 Å². The molecule has 1 aliphatic carbocycles. The molecule has 0 bridgehead atoms. The number of nitrogens with zero attached hydrogens (tertiary/aromatic N) is 1. The quantitative estimate of drug-likeness (QED) is 0.401. The van der Waals surface area contributed by atoms with Crippen LogP contribution in [0.2, 0.25) is 0 Å². The second-order valence-corrected chi connectivity index (χ2v) is 3.85. The molecule has 2 N–H and O–H groups in total. The topological polar surface area (TPSA) is 61.7 Å². The van der Waals surface area contributed by atoms with Gasteiger partial charge in [0.25, 0.3) is 0 Å². The van der Waals surface area contributed by atoms with Gasteiger partial charge in [-0.15, -0.1) is 0 Å². The van der Waals surface area contributed by atoms with E-state index in [1.807, 2.05) is 0 Å². The molecule has 0 aromatic rings. The Morgan fingerprint density at radius 3 is 2.71 bits per heavy atom. The molecule has 0 atom stereocenters. The smallest absolute Gasteiger partial charge is 0.351 e. The molecule has 4 heteroatoms. The number of carboxylic acids is 1. The number of hydrogen-bond acceptors (Lipinski definition) is 3. The summed E-state index contributed by atoms with van der Waals surface area (Å²) in [6.07, 6.45) is 6.45. The van der Waals surface area contributed by atoms with E-state index in [1.165, 1.54) is 32.6 Å². The lowest BCUT2D eigenvalue weighted by Gasteiger charge is -2.07. The highest BCUT2D eigenvalue weighted by Gasteiger charge is 2.13. The minimum absolute atomic E-state index is 0.122. The molecule has 0 unspecified atom stereocenters. The molecule has 1 aliphatic rings. The first kappa shape index (κ1) is 11.0. The van der Waals surface area contributed by atoms with Crippen molar-refractivity contribution in [2.45, 2.75) is 39.0 Å². The number of nitrogens with one attached hydrogen (secondary N) is 1. The average molecular weight is 198 g/mol. The fourth-order valence-electron chi connectivity index (χ4n) is 1.79. The van der Waals surface area contributed by atoms with Crippen molar-refractivity contribution < 1.29 is 9.90 Å². The molecule has 1 saturated carbocycles. The van der Waals surface area contributed by atoms with Crippen LogP contribution >= 0.6 is 0 Å². The molecule has 0 aromatic carbocycles. The highest BCUT2D eigenvalue weighted by atomic mass is 16.4. The monoisotopic (exact) mass is 198 g/mol. The number of carbonyl (C=O) groups is 1. The van der Waals surface area contributed by atoms with Crippen LogP contribution in [0.3, 0.4) is 0 Å². The van der Waals surface area contributed by atoms with Gasteiger partial charge in [0.05, 0.1) is 0 Å². The van der Waals surface area contributed by atoms with E-state index < -0.39 is 5.97 Å². The van der Waals surface area contributed by atoms with Gasteiger partial charge in [0, 0.05) is 6.54 Å². The van der Waals surface area contributed by atoms with Crippen LogP contribution in [-0.2, 0) is 4.79 Å². The maximum Gasteiger partial charge on any atom is 0.351 e. The molecule has 0 aromatic heterocycles. The Morgan fingerprint density at radius 1 is 1.50 bits per heavy atom. The molecule has 0 heterocycles. The lowest BCUT2D eigenvalue weighted by molar-refractivity contribution is -0.129. The maximum atomic E-state index is 10.4. The van der Waals surface area contributed by atoms with Crippen molar-refractivity contribution in [2.75, 3.05) is 6.54 Å². The third-order valence-electron chi connectivity index (χ3n) is 2.70. The van der Waals surface area contributed by atoms with Gasteiger partial charge >= 0.3 is 5.97 Å². The molecule has 0 spiro atoms. The van der Waals surface area contributed by atoms with E-state index in [9.17, 15) is 4.79 Å². The minimum Gasteiger partial charge on any atom is -0.477 e. The van der Waals surface area contributed by atoms with Gasteiger partial charge in [-0.1, -0.05) is 25.7 Å².